The van der Waals surface area contributed by atoms with Crippen LogP contribution in [-0.4, -0.2) is 75.8 Å². The summed E-state index contributed by atoms with van der Waals surface area (Å²) in [5, 5.41) is 7.03. The molecular formula is C15H32N4. The molecule has 0 aromatic carbocycles. The Balaban J connectivity index is 1.39. The third kappa shape index (κ3) is 6.21. The van der Waals surface area contributed by atoms with Crippen LogP contribution in [0.3, 0.4) is 0 Å². The van der Waals surface area contributed by atoms with Gasteiger partial charge in [0.05, 0.1) is 0 Å². The maximum Gasteiger partial charge on any atom is 0.0107 e. The van der Waals surface area contributed by atoms with Crippen molar-refractivity contribution in [2.75, 3.05) is 66.0 Å². The molecule has 2 aliphatic rings. The third-order valence-corrected chi connectivity index (χ3v) is 4.61. The van der Waals surface area contributed by atoms with Crippen LogP contribution in [0.1, 0.15) is 25.7 Å². The van der Waals surface area contributed by atoms with E-state index in [9.17, 15) is 0 Å². The van der Waals surface area contributed by atoms with E-state index in [1.165, 1.54) is 84.6 Å². The minimum Gasteiger partial charge on any atom is -0.317 e. The molecule has 4 nitrogen and oxygen atoms in total. The van der Waals surface area contributed by atoms with Crippen LogP contribution in [0.5, 0.6) is 0 Å². The number of rotatable bonds is 7. The molecule has 0 unspecified atom stereocenters. The zero-order chi connectivity index (χ0) is 13.3. The van der Waals surface area contributed by atoms with Gasteiger partial charge < -0.3 is 20.4 Å². The van der Waals surface area contributed by atoms with Crippen LogP contribution < -0.4 is 10.6 Å². The first-order valence-corrected chi connectivity index (χ1v) is 8.17. The molecule has 0 spiro atoms. The summed E-state index contributed by atoms with van der Waals surface area (Å²) in [6.45, 7) is 11.1. The fourth-order valence-corrected chi connectivity index (χ4v) is 3.14. The Kier molecular flexibility index (Phi) is 7.14. The van der Waals surface area contributed by atoms with Crippen molar-refractivity contribution in [2.24, 2.45) is 5.92 Å². The van der Waals surface area contributed by atoms with E-state index in [2.05, 4.69) is 27.5 Å². The average Bonchev–Trinajstić information content (AvgIpc) is 2.46. The van der Waals surface area contributed by atoms with E-state index in [0.717, 1.165) is 5.92 Å². The summed E-state index contributed by atoms with van der Waals surface area (Å²) in [4.78, 5) is 5.03. The molecule has 2 heterocycles. The van der Waals surface area contributed by atoms with Gasteiger partial charge in [-0.2, -0.15) is 0 Å². The molecule has 0 radical (unpaired) electrons. The summed E-state index contributed by atoms with van der Waals surface area (Å²) in [6.07, 6.45) is 5.48. The zero-order valence-corrected chi connectivity index (χ0v) is 12.7. The second-order valence-electron chi connectivity index (χ2n) is 6.23. The van der Waals surface area contributed by atoms with Crippen LogP contribution >= 0.6 is 0 Å². The van der Waals surface area contributed by atoms with E-state index in [1.807, 2.05) is 0 Å². The lowest BCUT2D eigenvalue weighted by Gasteiger charge is -2.29. The normalized spacial score (nSPS) is 23.8. The van der Waals surface area contributed by atoms with Gasteiger partial charge in [-0.15, -0.1) is 0 Å². The summed E-state index contributed by atoms with van der Waals surface area (Å²) >= 11 is 0. The Bertz CT molecular complexity index is 220. The van der Waals surface area contributed by atoms with Crippen LogP contribution in [0.2, 0.25) is 0 Å². The van der Waals surface area contributed by atoms with Crippen molar-refractivity contribution in [1.29, 1.82) is 0 Å². The number of hydrogen-bond donors (Lipinski definition) is 2. The van der Waals surface area contributed by atoms with Gasteiger partial charge in [-0.3, -0.25) is 0 Å². The third-order valence-electron chi connectivity index (χ3n) is 4.61. The minimum atomic E-state index is 0.969. The summed E-state index contributed by atoms with van der Waals surface area (Å²) in [5.41, 5.74) is 0. The topological polar surface area (TPSA) is 30.5 Å². The van der Waals surface area contributed by atoms with Crippen LogP contribution in [0.25, 0.3) is 0 Å². The van der Waals surface area contributed by atoms with Gasteiger partial charge in [-0.05, 0) is 71.4 Å². The van der Waals surface area contributed by atoms with Crippen molar-refractivity contribution >= 4 is 0 Å². The Labute approximate surface area is 118 Å². The van der Waals surface area contributed by atoms with Crippen molar-refractivity contribution in [1.82, 2.24) is 20.4 Å². The number of hydrogen-bond acceptors (Lipinski definition) is 4. The van der Waals surface area contributed by atoms with Crippen LogP contribution in [-0.2, 0) is 0 Å². The SMILES string of the molecule is CN1CCC(CCNCCCN2CCNCC2)CC1. The molecule has 0 atom stereocenters. The van der Waals surface area contributed by atoms with Crippen molar-refractivity contribution in [3.05, 3.63) is 0 Å². The van der Waals surface area contributed by atoms with Crippen LogP contribution in [0.4, 0.5) is 0 Å². The second kappa shape index (κ2) is 8.90. The molecule has 2 fully saturated rings. The monoisotopic (exact) mass is 268 g/mol. The predicted molar refractivity (Wildman–Crippen MR) is 81.6 cm³/mol. The molecule has 2 rings (SSSR count). The Morgan fingerprint density at radius 2 is 1.79 bits per heavy atom. The lowest BCUT2D eigenvalue weighted by Crippen LogP contribution is -2.44. The Morgan fingerprint density at radius 3 is 2.53 bits per heavy atom. The van der Waals surface area contributed by atoms with Gasteiger partial charge in [-0.1, -0.05) is 0 Å². The summed E-state index contributed by atoms with van der Waals surface area (Å²) in [7, 11) is 2.24. The molecule has 0 aromatic rings. The molecule has 0 aromatic heterocycles. The van der Waals surface area contributed by atoms with Crippen molar-refractivity contribution in [3.8, 4) is 0 Å². The lowest BCUT2D eigenvalue weighted by atomic mass is 9.94. The van der Waals surface area contributed by atoms with Gasteiger partial charge in [0.1, 0.15) is 0 Å². The minimum absolute atomic E-state index is 0.969. The van der Waals surface area contributed by atoms with E-state index < -0.39 is 0 Å². The molecule has 0 saturated carbocycles. The molecule has 2 N–H and O–H groups in total. The summed E-state index contributed by atoms with van der Waals surface area (Å²) in [6, 6.07) is 0. The molecule has 0 bridgehead atoms. The van der Waals surface area contributed by atoms with Crippen molar-refractivity contribution < 1.29 is 0 Å². The molecule has 0 amide bonds. The fourth-order valence-electron chi connectivity index (χ4n) is 3.14. The standard InChI is InChI=1S/C15H32N4/c1-18-11-4-15(5-12-18)3-7-16-6-2-10-19-13-8-17-9-14-19/h15-17H,2-14H2,1H3. The van der Waals surface area contributed by atoms with E-state index >= 15 is 0 Å². The highest BCUT2D eigenvalue weighted by Gasteiger charge is 2.15. The highest BCUT2D eigenvalue weighted by molar-refractivity contribution is 4.71. The number of piperazine rings is 1. The summed E-state index contributed by atoms with van der Waals surface area (Å²) < 4.78 is 0. The molecule has 2 aliphatic heterocycles. The summed E-state index contributed by atoms with van der Waals surface area (Å²) in [5.74, 6) is 0.969. The highest BCUT2D eigenvalue weighted by atomic mass is 15.2. The average molecular weight is 268 g/mol. The van der Waals surface area contributed by atoms with Gasteiger partial charge in [0.25, 0.3) is 0 Å². The lowest BCUT2D eigenvalue weighted by molar-refractivity contribution is 0.210. The fraction of sp³-hybridized carbons (Fsp3) is 1.00. The maximum absolute atomic E-state index is 3.63. The number of likely N-dealkylation sites (tertiary alicyclic amines) is 1. The van der Waals surface area contributed by atoms with E-state index in [-0.39, 0.29) is 0 Å². The van der Waals surface area contributed by atoms with Gasteiger partial charge in [-0.25, -0.2) is 0 Å². The number of piperidine rings is 1. The quantitative estimate of drug-likeness (QED) is 0.662. The van der Waals surface area contributed by atoms with Crippen molar-refractivity contribution in [2.45, 2.75) is 25.7 Å². The van der Waals surface area contributed by atoms with Gasteiger partial charge in [0.15, 0.2) is 0 Å². The molecule has 2 saturated heterocycles. The molecule has 0 aliphatic carbocycles. The Morgan fingerprint density at radius 1 is 1.05 bits per heavy atom. The first kappa shape index (κ1) is 15.2. The molecule has 112 valence electrons. The van der Waals surface area contributed by atoms with E-state index in [1.54, 1.807) is 0 Å². The first-order chi connectivity index (χ1) is 9.34. The molecular weight excluding hydrogens is 236 g/mol. The Hall–Kier alpha value is -0.160. The van der Waals surface area contributed by atoms with Crippen LogP contribution in [0.15, 0.2) is 0 Å². The maximum atomic E-state index is 3.63. The smallest absolute Gasteiger partial charge is 0.0107 e. The number of nitrogens with zero attached hydrogens (tertiary/aromatic N) is 2. The second-order valence-corrected chi connectivity index (χ2v) is 6.23. The van der Waals surface area contributed by atoms with Crippen LogP contribution in [0, 0.1) is 5.92 Å². The first-order valence-electron chi connectivity index (χ1n) is 8.17. The number of nitrogens with one attached hydrogen (secondary N) is 2. The largest absolute Gasteiger partial charge is 0.317 e. The molecule has 4 heteroatoms. The zero-order valence-electron chi connectivity index (χ0n) is 12.7. The van der Waals surface area contributed by atoms with Gasteiger partial charge >= 0.3 is 0 Å². The highest BCUT2D eigenvalue weighted by Crippen LogP contribution is 2.18. The van der Waals surface area contributed by atoms with Crippen molar-refractivity contribution in [3.63, 3.8) is 0 Å². The van der Waals surface area contributed by atoms with Gasteiger partial charge in [0, 0.05) is 26.2 Å². The van der Waals surface area contributed by atoms with E-state index in [4.69, 9.17) is 0 Å². The predicted octanol–water partition coefficient (Wildman–Crippen LogP) is 0.603. The van der Waals surface area contributed by atoms with Gasteiger partial charge in [0.2, 0.25) is 0 Å². The molecule has 19 heavy (non-hydrogen) atoms. The van der Waals surface area contributed by atoms with E-state index in [0.29, 0.717) is 0 Å².